The third-order valence-corrected chi connectivity index (χ3v) is 4.60. The smallest absolute Gasteiger partial charge is 0.255 e. The molecule has 124 valence electrons. The molecule has 1 aromatic heterocycles. The molecule has 2 unspecified atom stereocenters. The fraction of sp³-hybridized carbons (Fsp3) is 0.412. The molecule has 3 N–H and O–H groups in total. The molecule has 23 heavy (non-hydrogen) atoms. The minimum atomic E-state index is -0.253. The molecule has 1 aliphatic heterocycles. The maximum Gasteiger partial charge on any atom is 0.255 e. The van der Waals surface area contributed by atoms with E-state index in [1.165, 1.54) is 6.07 Å². The Hall–Kier alpha value is -1.85. The van der Waals surface area contributed by atoms with Crippen molar-refractivity contribution in [3.8, 4) is 0 Å². The first-order valence-corrected chi connectivity index (χ1v) is 7.75. The van der Waals surface area contributed by atoms with E-state index in [4.69, 9.17) is 5.73 Å². The van der Waals surface area contributed by atoms with Crippen molar-refractivity contribution >= 4 is 29.2 Å². The van der Waals surface area contributed by atoms with Gasteiger partial charge in [0.25, 0.3) is 5.91 Å². The highest BCUT2D eigenvalue weighted by molar-refractivity contribution is 6.06. The lowest BCUT2D eigenvalue weighted by molar-refractivity contribution is 0.0534. The number of para-hydroxylation sites is 1. The number of nitrogens with zero attached hydrogens (tertiary/aromatic N) is 1. The molecule has 1 aliphatic rings. The number of piperidine rings is 1. The number of rotatable bonds is 2. The second kappa shape index (κ2) is 7.15. The first-order valence-electron chi connectivity index (χ1n) is 7.75. The minimum absolute atomic E-state index is 0. The summed E-state index contributed by atoms with van der Waals surface area (Å²) in [5, 5.41) is 0.779. The van der Waals surface area contributed by atoms with Gasteiger partial charge in [-0.2, -0.15) is 0 Å². The topological polar surface area (TPSA) is 79.2 Å². The molecule has 2 heterocycles. The van der Waals surface area contributed by atoms with Crippen molar-refractivity contribution in [2.75, 3.05) is 13.1 Å². The Kier molecular flexibility index (Phi) is 5.44. The minimum Gasteiger partial charge on any atom is -0.334 e. The van der Waals surface area contributed by atoms with Gasteiger partial charge < -0.3 is 15.6 Å². The monoisotopic (exact) mass is 335 g/mol. The van der Waals surface area contributed by atoms with Gasteiger partial charge >= 0.3 is 0 Å². The zero-order valence-corrected chi connectivity index (χ0v) is 13.9. The molecule has 1 aromatic carbocycles. The zero-order valence-electron chi connectivity index (χ0n) is 13.1. The number of aromatic nitrogens is 1. The van der Waals surface area contributed by atoms with Gasteiger partial charge in [0, 0.05) is 36.1 Å². The van der Waals surface area contributed by atoms with E-state index in [2.05, 4.69) is 11.9 Å². The van der Waals surface area contributed by atoms with Crippen molar-refractivity contribution in [2.45, 2.75) is 25.8 Å². The Bertz CT molecular complexity index is 759. The van der Waals surface area contributed by atoms with Gasteiger partial charge in [0.15, 0.2) is 0 Å². The number of nitrogens with one attached hydrogen (secondary N) is 1. The molecule has 0 spiro atoms. The third-order valence-electron chi connectivity index (χ3n) is 4.60. The Balaban J connectivity index is 0.00000192. The Morgan fingerprint density at radius 3 is 2.87 bits per heavy atom. The summed E-state index contributed by atoms with van der Waals surface area (Å²) >= 11 is 0. The summed E-state index contributed by atoms with van der Waals surface area (Å²) in [5.41, 5.74) is 6.78. The number of carbonyl (C=O) groups excluding carboxylic acids is 1. The van der Waals surface area contributed by atoms with Crippen LogP contribution in [0.25, 0.3) is 10.9 Å². The number of hydrogen-bond acceptors (Lipinski definition) is 3. The number of halogens is 1. The second-order valence-corrected chi connectivity index (χ2v) is 6.01. The zero-order chi connectivity index (χ0) is 15.7. The van der Waals surface area contributed by atoms with Crippen molar-refractivity contribution < 1.29 is 4.79 Å². The number of amides is 1. The third kappa shape index (κ3) is 3.26. The van der Waals surface area contributed by atoms with Crippen molar-refractivity contribution in [3.63, 3.8) is 0 Å². The Morgan fingerprint density at radius 1 is 1.39 bits per heavy atom. The van der Waals surface area contributed by atoms with Gasteiger partial charge in [-0.1, -0.05) is 25.1 Å². The fourth-order valence-corrected chi connectivity index (χ4v) is 3.40. The van der Waals surface area contributed by atoms with Crippen LogP contribution in [0.5, 0.6) is 0 Å². The van der Waals surface area contributed by atoms with E-state index in [1.54, 1.807) is 0 Å². The number of hydrogen-bond donors (Lipinski definition) is 2. The summed E-state index contributed by atoms with van der Waals surface area (Å²) in [7, 11) is 0. The van der Waals surface area contributed by atoms with Gasteiger partial charge in [0.05, 0.1) is 5.56 Å². The first kappa shape index (κ1) is 17.5. The van der Waals surface area contributed by atoms with Crippen LogP contribution in [0.1, 0.15) is 30.1 Å². The number of benzene rings is 1. The summed E-state index contributed by atoms with van der Waals surface area (Å²) < 4.78 is 0. The average molecular weight is 336 g/mol. The fourth-order valence-electron chi connectivity index (χ4n) is 3.40. The molecule has 1 amide bonds. The number of fused-ring (bicyclic) bond motifs is 1. The highest BCUT2D eigenvalue weighted by atomic mass is 35.5. The van der Waals surface area contributed by atoms with Crippen LogP contribution in [0, 0.1) is 5.92 Å². The number of H-pyrrole nitrogens is 1. The van der Waals surface area contributed by atoms with Crippen molar-refractivity contribution in [3.05, 3.63) is 46.2 Å². The molecule has 2 atom stereocenters. The van der Waals surface area contributed by atoms with Gasteiger partial charge in [-0.15, -0.1) is 12.4 Å². The second-order valence-electron chi connectivity index (χ2n) is 6.01. The van der Waals surface area contributed by atoms with Crippen molar-refractivity contribution in [2.24, 2.45) is 11.7 Å². The average Bonchev–Trinajstić information content (AvgIpc) is 2.53. The number of likely N-dealkylation sites (tertiary alicyclic amines) is 1. The van der Waals surface area contributed by atoms with Gasteiger partial charge in [0.2, 0.25) is 5.56 Å². The quantitative estimate of drug-likeness (QED) is 0.882. The van der Waals surface area contributed by atoms with Crippen LogP contribution in [0.4, 0.5) is 0 Å². The normalized spacial score (nSPS) is 21.0. The van der Waals surface area contributed by atoms with E-state index in [0.717, 1.165) is 18.2 Å². The summed E-state index contributed by atoms with van der Waals surface area (Å²) in [6, 6.07) is 8.84. The number of carbonyl (C=O) groups is 1. The lowest BCUT2D eigenvalue weighted by Gasteiger charge is -2.39. The van der Waals surface area contributed by atoms with Crippen LogP contribution in [0.15, 0.2) is 35.1 Å². The van der Waals surface area contributed by atoms with Crippen LogP contribution in [0.2, 0.25) is 0 Å². The summed E-state index contributed by atoms with van der Waals surface area (Å²) in [6.07, 6.45) is 2.06. The molecule has 5 nitrogen and oxygen atoms in total. The van der Waals surface area contributed by atoms with E-state index in [9.17, 15) is 9.59 Å². The molecule has 0 bridgehead atoms. The van der Waals surface area contributed by atoms with Crippen LogP contribution < -0.4 is 11.3 Å². The van der Waals surface area contributed by atoms with Crippen molar-refractivity contribution in [1.29, 1.82) is 0 Å². The molecule has 2 aromatic rings. The molecule has 0 aliphatic carbocycles. The highest BCUT2D eigenvalue weighted by Crippen LogP contribution is 2.26. The molecule has 0 radical (unpaired) electrons. The van der Waals surface area contributed by atoms with Crippen molar-refractivity contribution in [1.82, 2.24) is 9.88 Å². The summed E-state index contributed by atoms with van der Waals surface area (Å²) in [4.78, 5) is 29.5. The number of nitrogens with two attached hydrogens (primary N) is 1. The summed E-state index contributed by atoms with van der Waals surface area (Å²) in [5.74, 6) is 0.292. The molecule has 1 saturated heterocycles. The number of pyridine rings is 1. The predicted molar refractivity (Wildman–Crippen MR) is 94.1 cm³/mol. The maximum absolute atomic E-state index is 13.0. The van der Waals surface area contributed by atoms with Crippen LogP contribution in [-0.2, 0) is 0 Å². The molecule has 0 saturated carbocycles. The van der Waals surface area contributed by atoms with E-state index < -0.39 is 0 Å². The van der Waals surface area contributed by atoms with E-state index in [0.29, 0.717) is 30.1 Å². The van der Waals surface area contributed by atoms with E-state index in [-0.39, 0.29) is 29.9 Å². The molecular weight excluding hydrogens is 314 g/mol. The maximum atomic E-state index is 13.0. The van der Waals surface area contributed by atoms with Gasteiger partial charge in [-0.3, -0.25) is 9.59 Å². The van der Waals surface area contributed by atoms with Gasteiger partial charge in [0.1, 0.15) is 0 Å². The van der Waals surface area contributed by atoms with Gasteiger partial charge in [-0.05, 0) is 24.8 Å². The predicted octanol–water partition coefficient (Wildman–Crippen LogP) is 2.15. The van der Waals surface area contributed by atoms with Crippen LogP contribution in [-0.4, -0.2) is 34.9 Å². The first-order chi connectivity index (χ1) is 10.6. The number of aromatic amines is 1. The van der Waals surface area contributed by atoms with Gasteiger partial charge in [-0.25, -0.2) is 0 Å². The Morgan fingerprint density at radius 2 is 2.13 bits per heavy atom. The Labute approximate surface area is 141 Å². The summed E-state index contributed by atoms with van der Waals surface area (Å²) in [6.45, 7) is 3.28. The largest absolute Gasteiger partial charge is 0.334 e. The SMILES string of the molecule is CC1CCCN(C(=O)c2cc(=O)[nH]c3ccccc23)C1CN.Cl. The standard InChI is InChI=1S/C17H21N3O2.ClH/c1-11-5-4-8-20(15(11)10-18)17(22)13-9-16(21)19-14-7-3-2-6-12(13)14;/h2-3,6-7,9,11,15H,4-5,8,10,18H2,1H3,(H,19,21);1H. The van der Waals surface area contributed by atoms with E-state index in [1.807, 2.05) is 29.2 Å². The lowest BCUT2D eigenvalue weighted by Crippen LogP contribution is -2.51. The van der Waals surface area contributed by atoms with Crippen LogP contribution >= 0.6 is 12.4 Å². The molecule has 1 fully saturated rings. The van der Waals surface area contributed by atoms with Crippen LogP contribution in [0.3, 0.4) is 0 Å². The highest BCUT2D eigenvalue weighted by Gasteiger charge is 2.32. The van der Waals surface area contributed by atoms with E-state index >= 15 is 0 Å². The lowest BCUT2D eigenvalue weighted by atomic mass is 9.90. The molecule has 3 rings (SSSR count). The molecule has 6 heteroatoms. The molecular formula is C17H22ClN3O2.